The molecule has 86 valence electrons. The molecule has 0 amide bonds. The number of hydrogen-bond donors (Lipinski definition) is 1. The number of aryl methyl sites for hydroxylation is 1. The molecule has 1 aromatic heterocycles. The van der Waals surface area contributed by atoms with E-state index in [0.717, 1.165) is 12.5 Å². The highest BCUT2D eigenvalue weighted by Gasteiger charge is 2.11. The van der Waals surface area contributed by atoms with E-state index in [1.807, 2.05) is 13.2 Å². The van der Waals surface area contributed by atoms with Gasteiger partial charge in [-0.25, -0.2) is 0 Å². The second-order valence-corrected chi connectivity index (χ2v) is 4.60. The van der Waals surface area contributed by atoms with Crippen LogP contribution in [0.1, 0.15) is 44.5 Å². The Morgan fingerprint density at radius 3 is 2.60 bits per heavy atom. The third-order valence-corrected chi connectivity index (χ3v) is 2.96. The maximum atomic E-state index is 4.43. The molecule has 1 rings (SSSR count). The van der Waals surface area contributed by atoms with E-state index < -0.39 is 0 Å². The van der Waals surface area contributed by atoms with Gasteiger partial charge in [0.15, 0.2) is 0 Å². The molecule has 0 aromatic carbocycles. The van der Waals surface area contributed by atoms with Crippen LogP contribution in [-0.2, 0) is 6.54 Å². The number of hydrogen-bond acceptors (Lipinski definition) is 2. The van der Waals surface area contributed by atoms with Gasteiger partial charge in [-0.15, -0.1) is 0 Å². The summed E-state index contributed by atoms with van der Waals surface area (Å²) in [7, 11) is 1.98. The quantitative estimate of drug-likeness (QED) is 0.807. The molecule has 0 fully saturated rings. The van der Waals surface area contributed by atoms with E-state index in [1.54, 1.807) is 0 Å². The fourth-order valence-corrected chi connectivity index (χ4v) is 1.65. The van der Waals surface area contributed by atoms with E-state index >= 15 is 0 Å². The van der Waals surface area contributed by atoms with Gasteiger partial charge in [-0.1, -0.05) is 13.8 Å². The molecule has 1 aromatic rings. The van der Waals surface area contributed by atoms with Crippen molar-refractivity contribution < 1.29 is 0 Å². The first kappa shape index (κ1) is 12.2. The summed E-state index contributed by atoms with van der Waals surface area (Å²) in [6, 6.07) is 0.387. The van der Waals surface area contributed by atoms with Crippen LogP contribution in [0.5, 0.6) is 0 Å². The molecule has 3 nitrogen and oxygen atoms in total. The Balaban J connectivity index is 2.71. The van der Waals surface area contributed by atoms with Crippen LogP contribution in [0.25, 0.3) is 0 Å². The fraction of sp³-hybridized carbons (Fsp3) is 0.750. The maximum absolute atomic E-state index is 4.43. The van der Waals surface area contributed by atoms with E-state index in [1.165, 1.54) is 17.7 Å². The lowest BCUT2D eigenvalue weighted by atomic mass is 10.1. The van der Waals surface area contributed by atoms with Crippen molar-refractivity contribution in [3.63, 3.8) is 0 Å². The highest BCUT2D eigenvalue weighted by Crippen LogP contribution is 2.16. The Bertz CT molecular complexity index is 302. The summed E-state index contributed by atoms with van der Waals surface area (Å²) in [5, 5.41) is 7.68. The van der Waals surface area contributed by atoms with Crippen LogP contribution in [0.15, 0.2) is 6.20 Å². The van der Waals surface area contributed by atoms with Gasteiger partial charge in [0.2, 0.25) is 0 Å². The second kappa shape index (κ2) is 5.31. The molecule has 3 heteroatoms. The van der Waals surface area contributed by atoms with Crippen molar-refractivity contribution in [1.29, 1.82) is 0 Å². The molecule has 0 aliphatic heterocycles. The van der Waals surface area contributed by atoms with Gasteiger partial charge in [-0.3, -0.25) is 4.68 Å². The zero-order chi connectivity index (χ0) is 11.4. The van der Waals surface area contributed by atoms with Crippen LogP contribution < -0.4 is 5.32 Å². The summed E-state index contributed by atoms with van der Waals surface area (Å²) in [6.45, 7) is 9.83. The largest absolute Gasteiger partial charge is 0.313 e. The molecule has 0 saturated carbocycles. The summed E-state index contributed by atoms with van der Waals surface area (Å²) in [4.78, 5) is 0. The van der Waals surface area contributed by atoms with Gasteiger partial charge in [-0.2, -0.15) is 5.10 Å². The fourth-order valence-electron chi connectivity index (χ4n) is 1.65. The Morgan fingerprint density at radius 1 is 1.40 bits per heavy atom. The summed E-state index contributed by atoms with van der Waals surface area (Å²) in [6.07, 6.45) is 3.17. The van der Waals surface area contributed by atoms with Gasteiger partial charge in [0.1, 0.15) is 0 Å². The lowest BCUT2D eigenvalue weighted by Crippen LogP contribution is -2.13. The molecule has 0 saturated heterocycles. The van der Waals surface area contributed by atoms with E-state index in [9.17, 15) is 0 Å². The van der Waals surface area contributed by atoms with E-state index in [-0.39, 0.29) is 0 Å². The predicted molar refractivity (Wildman–Crippen MR) is 63.9 cm³/mol. The van der Waals surface area contributed by atoms with Crippen molar-refractivity contribution in [3.05, 3.63) is 17.5 Å². The molecule has 1 N–H and O–H groups in total. The van der Waals surface area contributed by atoms with Gasteiger partial charge in [-0.05, 0) is 33.2 Å². The van der Waals surface area contributed by atoms with Crippen molar-refractivity contribution in [3.8, 4) is 0 Å². The topological polar surface area (TPSA) is 29.9 Å². The Morgan fingerprint density at radius 2 is 2.07 bits per heavy atom. The molecule has 15 heavy (non-hydrogen) atoms. The number of nitrogens with zero attached hydrogens (tertiary/aromatic N) is 2. The van der Waals surface area contributed by atoms with Crippen molar-refractivity contribution in [2.24, 2.45) is 5.92 Å². The highest BCUT2D eigenvalue weighted by molar-refractivity contribution is 5.19. The van der Waals surface area contributed by atoms with Gasteiger partial charge in [0, 0.05) is 23.8 Å². The minimum absolute atomic E-state index is 0.387. The average molecular weight is 209 g/mol. The summed E-state index contributed by atoms with van der Waals surface area (Å²) in [5.41, 5.74) is 2.60. The second-order valence-electron chi connectivity index (χ2n) is 4.60. The van der Waals surface area contributed by atoms with E-state index in [4.69, 9.17) is 0 Å². The lowest BCUT2D eigenvalue weighted by molar-refractivity contribution is 0.479. The van der Waals surface area contributed by atoms with Crippen LogP contribution in [0.2, 0.25) is 0 Å². The first-order chi connectivity index (χ1) is 7.06. The molecule has 0 bridgehead atoms. The van der Waals surface area contributed by atoms with Crippen LogP contribution in [0.3, 0.4) is 0 Å². The maximum Gasteiger partial charge on any atom is 0.0540 e. The van der Waals surface area contributed by atoms with Gasteiger partial charge < -0.3 is 5.32 Å². The van der Waals surface area contributed by atoms with Crippen molar-refractivity contribution in [2.45, 2.75) is 46.7 Å². The first-order valence-electron chi connectivity index (χ1n) is 5.75. The van der Waals surface area contributed by atoms with E-state index in [0.29, 0.717) is 6.04 Å². The smallest absolute Gasteiger partial charge is 0.0540 e. The first-order valence-corrected chi connectivity index (χ1v) is 5.75. The normalized spacial score (nSPS) is 13.5. The van der Waals surface area contributed by atoms with Crippen molar-refractivity contribution in [1.82, 2.24) is 15.1 Å². The molecular weight excluding hydrogens is 186 g/mol. The SMILES string of the molecule is CNC(C)c1cnn(CCC(C)C)c1C. The van der Waals surface area contributed by atoms with Crippen LogP contribution in [0.4, 0.5) is 0 Å². The standard InChI is InChI=1S/C12H23N3/c1-9(2)6-7-15-11(4)12(8-14-15)10(3)13-5/h8-10,13H,6-7H2,1-5H3. The molecule has 1 heterocycles. The van der Waals surface area contributed by atoms with E-state index in [2.05, 4.69) is 42.8 Å². The Kier molecular flexibility index (Phi) is 4.33. The highest BCUT2D eigenvalue weighted by atomic mass is 15.3. The zero-order valence-corrected chi connectivity index (χ0v) is 10.5. The van der Waals surface area contributed by atoms with Crippen molar-refractivity contribution in [2.75, 3.05) is 7.05 Å². The van der Waals surface area contributed by atoms with Crippen LogP contribution >= 0.6 is 0 Å². The molecule has 0 spiro atoms. The molecular formula is C12H23N3. The monoisotopic (exact) mass is 209 g/mol. The van der Waals surface area contributed by atoms with Gasteiger partial charge in [0.25, 0.3) is 0 Å². The molecule has 0 aliphatic carbocycles. The third kappa shape index (κ3) is 3.06. The summed E-state index contributed by atoms with van der Waals surface area (Å²) in [5.74, 6) is 0.735. The van der Waals surface area contributed by atoms with Crippen molar-refractivity contribution >= 4 is 0 Å². The Labute approximate surface area is 92.9 Å². The van der Waals surface area contributed by atoms with Crippen LogP contribution in [0, 0.1) is 12.8 Å². The number of rotatable bonds is 5. The molecule has 0 aliphatic rings. The number of nitrogens with one attached hydrogen (secondary N) is 1. The predicted octanol–water partition coefficient (Wildman–Crippen LogP) is 2.52. The Hall–Kier alpha value is -0.830. The zero-order valence-electron chi connectivity index (χ0n) is 10.5. The average Bonchev–Trinajstić information content (AvgIpc) is 2.56. The molecule has 0 radical (unpaired) electrons. The summed E-state index contributed by atoms with van der Waals surface area (Å²) < 4.78 is 2.11. The summed E-state index contributed by atoms with van der Waals surface area (Å²) >= 11 is 0. The lowest BCUT2D eigenvalue weighted by Gasteiger charge is -2.11. The van der Waals surface area contributed by atoms with Gasteiger partial charge >= 0.3 is 0 Å². The van der Waals surface area contributed by atoms with Gasteiger partial charge in [0.05, 0.1) is 6.20 Å². The minimum Gasteiger partial charge on any atom is -0.313 e. The molecule has 1 unspecified atom stereocenters. The number of aromatic nitrogens is 2. The minimum atomic E-state index is 0.387. The molecule has 1 atom stereocenters. The third-order valence-electron chi connectivity index (χ3n) is 2.96. The van der Waals surface area contributed by atoms with Crippen LogP contribution in [-0.4, -0.2) is 16.8 Å².